The highest BCUT2D eigenvalue weighted by Crippen LogP contribution is 2.19. The van der Waals surface area contributed by atoms with Crippen molar-refractivity contribution in [2.75, 3.05) is 0 Å². The van der Waals surface area contributed by atoms with Crippen LogP contribution in [0.15, 0.2) is 60.8 Å². The van der Waals surface area contributed by atoms with Crippen molar-refractivity contribution in [1.29, 1.82) is 0 Å². The molecule has 0 unspecified atom stereocenters. The Morgan fingerprint density at radius 3 is 1.71 bits per heavy atom. The zero-order chi connectivity index (χ0) is 28.5. The van der Waals surface area contributed by atoms with Gasteiger partial charge in [0.15, 0.2) is 0 Å². The first-order chi connectivity index (χ1) is 18.0. The summed E-state index contributed by atoms with van der Waals surface area (Å²) in [6.45, 7) is 5.30. The standard InChI is InChI=1S/C30H48O8/c1-21-13-10-8-6-4-5-7-9-11-14-24(31)17-27(34)19-28(35)18-25(32)15-12-16-26(33)20-29(36)22(2)30(37)38-23(21)3/h4-11,13-14,21-29,31-36H,12,15-20H2,1-3H3/b5-4-,8-6-,9-7-,13-10-,14-11-/t21-,22+,23+,24+,25+,26+,27+,28+,29+/m1/s1. The molecule has 0 saturated carbocycles. The van der Waals surface area contributed by atoms with Gasteiger partial charge >= 0.3 is 5.97 Å². The van der Waals surface area contributed by atoms with Crippen LogP contribution in [-0.4, -0.2) is 79.3 Å². The normalized spacial score (nSPS) is 40.6. The maximum atomic E-state index is 12.5. The Hall–Kier alpha value is -2.07. The van der Waals surface area contributed by atoms with Gasteiger partial charge in [-0.2, -0.15) is 0 Å². The van der Waals surface area contributed by atoms with E-state index in [4.69, 9.17) is 4.74 Å². The van der Waals surface area contributed by atoms with Crippen LogP contribution < -0.4 is 0 Å². The minimum absolute atomic E-state index is 0.00922. The molecule has 0 aromatic rings. The molecule has 9 atom stereocenters. The highest BCUT2D eigenvalue weighted by Gasteiger charge is 2.28. The summed E-state index contributed by atoms with van der Waals surface area (Å²) in [5.74, 6) is -1.37. The van der Waals surface area contributed by atoms with Crippen LogP contribution in [0.1, 0.15) is 65.7 Å². The number of aliphatic hydroxyl groups is 6. The Morgan fingerprint density at radius 1 is 0.632 bits per heavy atom. The second kappa shape index (κ2) is 19.1. The fraction of sp³-hybridized carbons (Fsp3) is 0.633. The molecule has 38 heavy (non-hydrogen) atoms. The summed E-state index contributed by atoms with van der Waals surface area (Å²) >= 11 is 0. The quantitative estimate of drug-likeness (QED) is 0.259. The Labute approximate surface area is 227 Å². The zero-order valence-electron chi connectivity index (χ0n) is 22.9. The smallest absolute Gasteiger partial charge is 0.311 e. The minimum Gasteiger partial charge on any atom is -0.462 e. The maximum Gasteiger partial charge on any atom is 0.311 e. The lowest BCUT2D eigenvalue weighted by atomic mass is 9.95. The number of aliphatic hydroxyl groups excluding tert-OH is 6. The molecule has 1 rings (SSSR count). The molecule has 0 aromatic heterocycles. The van der Waals surface area contributed by atoms with Gasteiger partial charge in [-0.05, 0) is 46.0 Å². The summed E-state index contributed by atoms with van der Waals surface area (Å²) in [6.07, 6.45) is 13.4. The molecular weight excluding hydrogens is 488 g/mol. The number of hydrogen-bond acceptors (Lipinski definition) is 8. The average molecular weight is 537 g/mol. The van der Waals surface area contributed by atoms with Crippen LogP contribution in [0, 0.1) is 11.8 Å². The van der Waals surface area contributed by atoms with E-state index in [2.05, 4.69) is 0 Å². The molecule has 0 fully saturated rings. The van der Waals surface area contributed by atoms with E-state index >= 15 is 0 Å². The number of hydrogen-bond donors (Lipinski definition) is 6. The molecule has 0 aliphatic carbocycles. The summed E-state index contributed by atoms with van der Waals surface area (Å²) in [5, 5.41) is 61.3. The van der Waals surface area contributed by atoms with E-state index in [9.17, 15) is 35.4 Å². The summed E-state index contributed by atoms with van der Waals surface area (Å²) in [7, 11) is 0. The first-order valence-corrected chi connectivity index (χ1v) is 13.6. The van der Waals surface area contributed by atoms with Crippen molar-refractivity contribution < 1.29 is 40.2 Å². The second-order valence-electron chi connectivity index (χ2n) is 10.3. The molecule has 1 aliphatic rings. The van der Waals surface area contributed by atoms with Gasteiger partial charge in [0.2, 0.25) is 0 Å². The molecule has 8 heteroatoms. The van der Waals surface area contributed by atoms with Crippen molar-refractivity contribution in [2.45, 2.75) is 108 Å². The van der Waals surface area contributed by atoms with E-state index in [1.807, 2.05) is 43.4 Å². The van der Waals surface area contributed by atoms with Crippen molar-refractivity contribution in [3.63, 3.8) is 0 Å². The fourth-order valence-electron chi connectivity index (χ4n) is 4.01. The van der Waals surface area contributed by atoms with Crippen molar-refractivity contribution in [3.05, 3.63) is 60.8 Å². The number of ether oxygens (including phenoxy) is 1. The zero-order valence-corrected chi connectivity index (χ0v) is 22.9. The molecule has 8 nitrogen and oxygen atoms in total. The monoisotopic (exact) mass is 536 g/mol. The van der Waals surface area contributed by atoms with Gasteiger partial charge < -0.3 is 35.4 Å². The van der Waals surface area contributed by atoms with Gasteiger partial charge in [0.1, 0.15) is 6.10 Å². The van der Waals surface area contributed by atoms with Crippen LogP contribution in [0.4, 0.5) is 0 Å². The lowest BCUT2D eigenvalue weighted by Gasteiger charge is -2.24. The Bertz CT molecular complexity index is 802. The van der Waals surface area contributed by atoms with Crippen molar-refractivity contribution in [3.8, 4) is 0 Å². The molecule has 0 aromatic carbocycles. The number of esters is 1. The molecule has 0 saturated heterocycles. The fourth-order valence-corrected chi connectivity index (χ4v) is 4.01. The summed E-state index contributed by atoms with van der Waals surface area (Å²) in [4.78, 5) is 12.5. The van der Waals surface area contributed by atoms with Crippen LogP contribution in [0.25, 0.3) is 0 Å². The van der Waals surface area contributed by atoms with E-state index < -0.39 is 54.6 Å². The molecular formula is C30H48O8. The van der Waals surface area contributed by atoms with E-state index in [0.717, 1.165) is 0 Å². The topological polar surface area (TPSA) is 148 Å². The largest absolute Gasteiger partial charge is 0.462 e. The third kappa shape index (κ3) is 15.4. The van der Waals surface area contributed by atoms with Gasteiger partial charge in [-0.25, -0.2) is 0 Å². The number of carbonyl (C=O) groups is 1. The van der Waals surface area contributed by atoms with Gasteiger partial charge in [-0.3, -0.25) is 4.79 Å². The highest BCUT2D eigenvalue weighted by molar-refractivity contribution is 5.72. The Kier molecular flexibility index (Phi) is 17.0. The maximum absolute atomic E-state index is 12.5. The van der Waals surface area contributed by atoms with E-state index in [1.54, 1.807) is 38.2 Å². The lowest BCUT2D eigenvalue weighted by molar-refractivity contribution is -0.158. The predicted octanol–water partition coefficient (Wildman–Crippen LogP) is 2.88. The molecule has 0 amide bonds. The first kappa shape index (κ1) is 34.0. The predicted molar refractivity (Wildman–Crippen MR) is 148 cm³/mol. The Balaban J connectivity index is 2.83. The summed E-state index contributed by atoms with van der Waals surface area (Å²) < 4.78 is 5.52. The van der Waals surface area contributed by atoms with E-state index in [0.29, 0.717) is 19.3 Å². The van der Waals surface area contributed by atoms with Gasteiger partial charge in [0.05, 0.1) is 42.5 Å². The third-order valence-corrected chi connectivity index (χ3v) is 6.71. The minimum atomic E-state index is -1.07. The van der Waals surface area contributed by atoms with Crippen LogP contribution in [-0.2, 0) is 9.53 Å². The van der Waals surface area contributed by atoms with Gasteiger partial charge in [0.25, 0.3) is 0 Å². The van der Waals surface area contributed by atoms with Crippen LogP contribution in [0.3, 0.4) is 0 Å². The van der Waals surface area contributed by atoms with Crippen LogP contribution in [0.5, 0.6) is 0 Å². The van der Waals surface area contributed by atoms with Crippen LogP contribution in [0.2, 0.25) is 0 Å². The van der Waals surface area contributed by atoms with Crippen molar-refractivity contribution in [2.24, 2.45) is 11.8 Å². The lowest BCUT2D eigenvalue weighted by Crippen LogP contribution is -2.33. The molecule has 6 N–H and O–H groups in total. The number of carbonyl (C=O) groups excluding carboxylic acids is 1. The van der Waals surface area contributed by atoms with Crippen molar-refractivity contribution >= 4 is 5.97 Å². The SMILES string of the molecule is C[C@@H]1\C=C/C=C\C=C/C=C\C=C/[C@H](O)C[C@H](O)C[C@@H](O)C[C@@H](O)CCC[C@H](O)C[C@H](O)[C@H](C)C(=O)O[C@H]1C. The van der Waals surface area contributed by atoms with Gasteiger partial charge in [0, 0.05) is 18.8 Å². The Morgan fingerprint density at radius 2 is 1.11 bits per heavy atom. The van der Waals surface area contributed by atoms with E-state index in [1.165, 1.54) is 0 Å². The number of allylic oxidation sites excluding steroid dienone is 8. The summed E-state index contributed by atoms with van der Waals surface area (Å²) in [6, 6.07) is 0. The van der Waals surface area contributed by atoms with E-state index in [-0.39, 0.29) is 31.6 Å². The molecule has 0 bridgehead atoms. The summed E-state index contributed by atoms with van der Waals surface area (Å²) in [5.41, 5.74) is 0. The van der Waals surface area contributed by atoms with Crippen LogP contribution >= 0.6 is 0 Å². The van der Waals surface area contributed by atoms with Gasteiger partial charge in [-0.1, -0.05) is 67.7 Å². The average Bonchev–Trinajstić information content (AvgIpc) is 2.83. The van der Waals surface area contributed by atoms with Crippen molar-refractivity contribution in [1.82, 2.24) is 0 Å². The molecule has 0 spiro atoms. The number of cyclic esters (lactones) is 1. The molecule has 216 valence electrons. The van der Waals surface area contributed by atoms with Gasteiger partial charge in [-0.15, -0.1) is 0 Å². The first-order valence-electron chi connectivity index (χ1n) is 13.6. The number of rotatable bonds is 0. The molecule has 0 radical (unpaired) electrons. The highest BCUT2D eigenvalue weighted by atomic mass is 16.5. The molecule has 1 aliphatic heterocycles. The third-order valence-electron chi connectivity index (χ3n) is 6.71. The molecule has 1 heterocycles. The second-order valence-corrected chi connectivity index (χ2v) is 10.3.